The molecule has 6 heteroatoms. The van der Waals surface area contributed by atoms with Gasteiger partial charge < -0.3 is 10.4 Å². The topological polar surface area (TPSA) is 88.0 Å². The number of pyridine rings is 1. The highest BCUT2D eigenvalue weighted by Gasteiger charge is 2.11. The van der Waals surface area contributed by atoms with Crippen molar-refractivity contribution in [3.8, 4) is 11.1 Å². The largest absolute Gasteiger partial charge is 0.480 e. The summed E-state index contributed by atoms with van der Waals surface area (Å²) >= 11 is 0. The van der Waals surface area contributed by atoms with E-state index in [2.05, 4.69) is 20.3 Å². The third-order valence-corrected chi connectivity index (χ3v) is 2.38. The molecule has 2 heterocycles. The number of aliphatic carboxylic acids is 1. The number of hydrogen-bond donors (Lipinski definition) is 2. The number of carboxylic acid groups (broad SMARTS) is 1. The van der Waals surface area contributed by atoms with Crippen molar-refractivity contribution in [3.63, 3.8) is 0 Å². The Morgan fingerprint density at radius 3 is 2.39 bits per heavy atom. The van der Waals surface area contributed by atoms with Crippen molar-refractivity contribution in [3.05, 3.63) is 36.9 Å². The molecule has 0 saturated heterocycles. The van der Waals surface area contributed by atoms with E-state index in [0.717, 1.165) is 11.1 Å². The molecule has 1 atom stereocenters. The quantitative estimate of drug-likeness (QED) is 0.845. The summed E-state index contributed by atoms with van der Waals surface area (Å²) < 4.78 is 0. The minimum absolute atomic E-state index is 0.294. The van der Waals surface area contributed by atoms with Gasteiger partial charge in [-0.2, -0.15) is 0 Å². The molecule has 2 aromatic heterocycles. The van der Waals surface area contributed by atoms with Gasteiger partial charge in [-0.25, -0.2) is 9.97 Å². The van der Waals surface area contributed by atoms with Crippen LogP contribution in [-0.2, 0) is 4.79 Å². The minimum atomic E-state index is -0.947. The van der Waals surface area contributed by atoms with Gasteiger partial charge in [0, 0.05) is 30.4 Å². The van der Waals surface area contributed by atoms with Crippen LogP contribution in [0.15, 0.2) is 36.9 Å². The molecule has 0 aliphatic heterocycles. The van der Waals surface area contributed by atoms with Gasteiger partial charge in [0.15, 0.2) is 0 Å². The zero-order valence-electron chi connectivity index (χ0n) is 9.74. The number of carbonyl (C=O) groups is 1. The van der Waals surface area contributed by atoms with Crippen molar-refractivity contribution >= 4 is 11.9 Å². The minimum Gasteiger partial charge on any atom is -0.480 e. The van der Waals surface area contributed by atoms with Crippen LogP contribution in [0.3, 0.4) is 0 Å². The second kappa shape index (κ2) is 5.22. The van der Waals surface area contributed by atoms with E-state index in [9.17, 15) is 4.79 Å². The molecule has 0 radical (unpaired) electrons. The molecule has 1 unspecified atom stereocenters. The van der Waals surface area contributed by atoms with Gasteiger partial charge in [-0.1, -0.05) is 0 Å². The van der Waals surface area contributed by atoms with Crippen LogP contribution < -0.4 is 5.32 Å². The van der Waals surface area contributed by atoms with Crippen LogP contribution in [0.2, 0.25) is 0 Å². The Morgan fingerprint density at radius 1 is 1.22 bits per heavy atom. The second-order valence-electron chi connectivity index (χ2n) is 3.74. The molecule has 0 fully saturated rings. The molecule has 0 aliphatic rings. The summed E-state index contributed by atoms with van der Waals surface area (Å²) in [7, 11) is 0. The van der Waals surface area contributed by atoms with Crippen molar-refractivity contribution in [2.75, 3.05) is 5.32 Å². The highest BCUT2D eigenvalue weighted by atomic mass is 16.4. The second-order valence-corrected chi connectivity index (χ2v) is 3.74. The Balaban J connectivity index is 2.13. The van der Waals surface area contributed by atoms with Crippen molar-refractivity contribution in [2.45, 2.75) is 13.0 Å². The third kappa shape index (κ3) is 2.79. The molecule has 6 nitrogen and oxygen atoms in total. The van der Waals surface area contributed by atoms with Crippen LogP contribution >= 0.6 is 0 Å². The summed E-state index contributed by atoms with van der Waals surface area (Å²) in [5.74, 6) is -0.653. The SMILES string of the molecule is CC(Nc1ncc(-c2ccncc2)cn1)C(=O)O. The lowest BCUT2D eigenvalue weighted by molar-refractivity contribution is -0.137. The van der Waals surface area contributed by atoms with Gasteiger partial charge in [0.05, 0.1) is 0 Å². The molecule has 2 rings (SSSR count). The molecule has 0 bridgehead atoms. The van der Waals surface area contributed by atoms with Crippen molar-refractivity contribution in [1.29, 1.82) is 0 Å². The van der Waals surface area contributed by atoms with E-state index in [1.165, 1.54) is 6.92 Å². The van der Waals surface area contributed by atoms with Gasteiger partial charge in [-0.3, -0.25) is 9.78 Å². The Morgan fingerprint density at radius 2 is 1.83 bits per heavy atom. The number of rotatable bonds is 4. The van der Waals surface area contributed by atoms with E-state index < -0.39 is 12.0 Å². The summed E-state index contributed by atoms with van der Waals surface area (Å²) in [6.07, 6.45) is 6.65. The van der Waals surface area contributed by atoms with Gasteiger partial charge in [0.2, 0.25) is 5.95 Å². The van der Waals surface area contributed by atoms with Crippen molar-refractivity contribution < 1.29 is 9.90 Å². The molecular weight excluding hydrogens is 232 g/mol. The first kappa shape index (κ1) is 12.0. The maximum Gasteiger partial charge on any atom is 0.325 e. The van der Waals surface area contributed by atoms with E-state index >= 15 is 0 Å². The predicted octanol–water partition coefficient (Wildman–Crippen LogP) is 1.42. The van der Waals surface area contributed by atoms with Gasteiger partial charge in [0.25, 0.3) is 0 Å². The van der Waals surface area contributed by atoms with Crippen LogP contribution in [0, 0.1) is 0 Å². The molecule has 0 aliphatic carbocycles. The number of carboxylic acids is 1. The van der Waals surface area contributed by atoms with Crippen molar-refractivity contribution in [1.82, 2.24) is 15.0 Å². The maximum absolute atomic E-state index is 10.7. The van der Waals surface area contributed by atoms with Crippen LogP contribution in [0.4, 0.5) is 5.95 Å². The smallest absolute Gasteiger partial charge is 0.325 e. The summed E-state index contributed by atoms with van der Waals surface area (Å²) in [5, 5.41) is 11.4. The van der Waals surface area contributed by atoms with Crippen LogP contribution in [-0.4, -0.2) is 32.1 Å². The Bertz CT molecular complexity index is 528. The monoisotopic (exact) mass is 244 g/mol. The predicted molar refractivity (Wildman–Crippen MR) is 66.0 cm³/mol. The molecule has 0 aromatic carbocycles. The third-order valence-electron chi connectivity index (χ3n) is 2.38. The zero-order valence-corrected chi connectivity index (χ0v) is 9.74. The molecular formula is C12H12N4O2. The fraction of sp³-hybridized carbons (Fsp3) is 0.167. The first-order valence-corrected chi connectivity index (χ1v) is 5.38. The van der Waals surface area contributed by atoms with Gasteiger partial charge in [-0.05, 0) is 24.6 Å². The van der Waals surface area contributed by atoms with Gasteiger partial charge in [-0.15, -0.1) is 0 Å². The molecule has 18 heavy (non-hydrogen) atoms. The van der Waals surface area contributed by atoms with Crippen LogP contribution in [0.1, 0.15) is 6.92 Å². The number of nitrogens with zero attached hydrogens (tertiary/aromatic N) is 3. The lowest BCUT2D eigenvalue weighted by atomic mass is 10.1. The lowest BCUT2D eigenvalue weighted by Crippen LogP contribution is -2.26. The molecule has 2 N–H and O–H groups in total. The number of anilines is 1. The van der Waals surface area contributed by atoms with Gasteiger partial charge >= 0.3 is 5.97 Å². The highest BCUT2D eigenvalue weighted by molar-refractivity contribution is 5.75. The maximum atomic E-state index is 10.7. The Hall–Kier alpha value is -2.50. The fourth-order valence-corrected chi connectivity index (χ4v) is 1.35. The highest BCUT2D eigenvalue weighted by Crippen LogP contribution is 2.16. The molecule has 0 spiro atoms. The molecule has 2 aromatic rings. The van der Waals surface area contributed by atoms with Crippen molar-refractivity contribution in [2.24, 2.45) is 0 Å². The van der Waals surface area contributed by atoms with Gasteiger partial charge in [0.1, 0.15) is 6.04 Å². The molecule has 92 valence electrons. The normalized spacial score (nSPS) is 11.8. The first-order chi connectivity index (χ1) is 8.66. The average Bonchev–Trinajstić information content (AvgIpc) is 2.40. The lowest BCUT2D eigenvalue weighted by Gasteiger charge is -2.08. The Kier molecular flexibility index (Phi) is 3.47. The van der Waals surface area contributed by atoms with E-state index in [-0.39, 0.29) is 0 Å². The standard InChI is InChI=1S/C12H12N4O2/c1-8(11(17)18)16-12-14-6-10(7-15-12)9-2-4-13-5-3-9/h2-8H,1H3,(H,17,18)(H,14,15,16). The summed E-state index contributed by atoms with van der Waals surface area (Å²) in [6, 6.07) is 2.98. The number of hydrogen-bond acceptors (Lipinski definition) is 5. The number of aromatic nitrogens is 3. The number of nitrogens with one attached hydrogen (secondary N) is 1. The van der Waals surface area contributed by atoms with Crippen LogP contribution in [0.25, 0.3) is 11.1 Å². The first-order valence-electron chi connectivity index (χ1n) is 5.38. The van der Waals surface area contributed by atoms with Crippen LogP contribution in [0.5, 0.6) is 0 Å². The fourth-order valence-electron chi connectivity index (χ4n) is 1.35. The molecule has 0 amide bonds. The summed E-state index contributed by atoms with van der Waals surface area (Å²) in [4.78, 5) is 22.7. The zero-order chi connectivity index (χ0) is 13.0. The average molecular weight is 244 g/mol. The van der Waals surface area contributed by atoms with E-state index in [0.29, 0.717) is 5.95 Å². The Labute approximate surface area is 104 Å². The summed E-state index contributed by atoms with van der Waals surface area (Å²) in [6.45, 7) is 1.53. The van der Waals surface area contributed by atoms with E-state index in [1.807, 2.05) is 12.1 Å². The van der Waals surface area contributed by atoms with E-state index in [1.54, 1.807) is 24.8 Å². The summed E-state index contributed by atoms with van der Waals surface area (Å²) in [5.41, 5.74) is 1.81. The van der Waals surface area contributed by atoms with E-state index in [4.69, 9.17) is 5.11 Å². The molecule has 0 saturated carbocycles.